The lowest BCUT2D eigenvalue weighted by Crippen LogP contribution is -2.31. The number of aliphatic hydroxyl groups is 2. The fourth-order valence-electron chi connectivity index (χ4n) is 2.00. The smallest absolute Gasteiger partial charge is 0.312 e. The van der Waals surface area contributed by atoms with Crippen molar-refractivity contribution in [3.63, 3.8) is 0 Å². The second-order valence-corrected chi connectivity index (χ2v) is 4.16. The van der Waals surface area contributed by atoms with E-state index >= 15 is 0 Å². The first kappa shape index (κ1) is 12.5. The van der Waals surface area contributed by atoms with Crippen LogP contribution in [0.4, 0.5) is 0 Å². The van der Waals surface area contributed by atoms with E-state index in [1.165, 1.54) is 0 Å². The van der Waals surface area contributed by atoms with Crippen LogP contribution in [0, 0.1) is 11.8 Å². The van der Waals surface area contributed by atoms with E-state index in [0.29, 0.717) is 6.42 Å². The van der Waals surface area contributed by atoms with Gasteiger partial charge in [0.25, 0.3) is 0 Å². The summed E-state index contributed by atoms with van der Waals surface area (Å²) in [6, 6.07) is 0. The lowest BCUT2D eigenvalue weighted by atomic mass is 9.88. The first-order valence-electron chi connectivity index (χ1n) is 5.66. The number of unbranched alkanes of at least 4 members (excludes halogenated alkanes) is 2. The summed E-state index contributed by atoms with van der Waals surface area (Å²) in [7, 11) is 0. The summed E-state index contributed by atoms with van der Waals surface area (Å²) in [6.07, 6.45) is 3.01. The minimum absolute atomic E-state index is 0.0960. The summed E-state index contributed by atoms with van der Waals surface area (Å²) in [5.41, 5.74) is 0. The fourth-order valence-corrected chi connectivity index (χ4v) is 2.00. The van der Waals surface area contributed by atoms with Gasteiger partial charge < -0.3 is 14.9 Å². The minimum Gasteiger partial charge on any atom is -0.465 e. The number of rotatable bonds is 6. The quantitative estimate of drug-likeness (QED) is 0.507. The lowest BCUT2D eigenvalue weighted by Gasteiger charge is -2.18. The minimum atomic E-state index is -0.663. The zero-order valence-corrected chi connectivity index (χ0v) is 9.19. The van der Waals surface area contributed by atoms with E-state index in [2.05, 4.69) is 6.92 Å². The number of hydrogen-bond donors (Lipinski definition) is 2. The highest BCUT2D eigenvalue weighted by Gasteiger charge is 2.40. The van der Waals surface area contributed by atoms with Crippen LogP contribution in [0.1, 0.15) is 32.6 Å². The third kappa shape index (κ3) is 3.18. The molecule has 1 aliphatic heterocycles. The maximum atomic E-state index is 11.3. The summed E-state index contributed by atoms with van der Waals surface area (Å²) in [5.74, 6) is -1.11. The van der Waals surface area contributed by atoms with E-state index in [1.807, 2.05) is 0 Å². The van der Waals surface area contributed by atoms with Crippen molar-refractivity contribution in [3.05, 3.63) is 0 Å². The number of esters is 1. The molecule has 0 radical (unpaired) electrons. The third-order valence-electron chi connectivity index (χ3n) is 2.97. The Morgan fingerprint density at radius 3 is 2.87 bits per heavy atom. The van der Waals surface area contributed by atoms with E-state index in [9.17, 15) is 9.90 Å². The van der Waals surface area contributed by atoms with Gasteiger partial charge in [0.15, 0.2) is 0 Å². The Kier molecular flexibility index (Phi) is 5.05. The van der Waals surface area contributed by atoms with Crippen LogP contribution in [0.2, 0.25) is 0 Å². The molecule has 0 aromatic carbocycles. The number of cyclic esters (lactones) is 1. The lowest BCUT2D eigenvalue weighted by molar-refractivity contribution is -0.144. The summed E-state index contributed by atoms with van der Waals surface area (Å²) < 4.78 is 4.84. The first-order chi connectivity index (χ1) is 7.20. The van der Waals surface area contributed by atoms with E-state index in [1.54, 1.807) is 0 Å². The van der Waals surface area contributed by atoms with E-state index in [-0.39, 0.29) is 25.1 Å². The van der Waals surface area contributed by atoms with E-state index < -0.39 is 12.0 Å². The Morgan fingerprint density at radius 1 is 1.53 bits per heavy atom. The van der Waals surface area contributed by atoms with Gasteiger partial charge in [-0.05, 0) is 6.42 Å². The molecule has 88 valence electrons. The van der Waals surface area contributed by atoms with Crippen LogP contribution in [0.15, 0.2) is 0 Å². The molecule has 1 heterocycles. The third-order valence-corrected chi connectivity index (χ3v) is 2.97. The number of carbonyl (C=O) groups is 1. The number of ether oxygens (including phenoxy) is 1. The molecule has 1 fully saturated rings. The molecule has 0 amide bonds. The molecule has 1 aliphatic rings. The average Bonchev–Trinajstić information content (AvgIpc) is 2.59. The topological polar surface area (TPSA) is 66.8 Å². The van der Waals surface area contributed by atoms with Crippen molar-refractivity contribution in [1.82, 2.24) is 0 Å². The van der Waals surface area contributed by atoms with Gasteiger partial charge in [0.2, 0.25) is 0 Å². The summed E-state index contributed by atoms with van der Waals surface area (Å²) in [5, 5.41) is 18.9. The standard InChI is InChI=1S/C11H20O4/c1-2-3-4-5-9(13)10-8(6-12)7-15-11(10)14/h8-10,12-13H,2-7H2,1H3/t8-,9-,10-/m0/s1. The second kappa shape index (κ2) is 6.08. The molecule has 1 rings (SSSR count). The van der Waals surface area contributed by atoms with Gasteiger partial charge in [0.05, 0.1) is 25.2 Å². The van der Waals surface area contributed by atoms with Gasteiger partial charge in [-0.3, -0.25) is 4.79 Å². The average molecular weight is 216 g/mol. The molecule has 0 saturated carbocycles. The van der Waals surface area contributed by atoms with Gasteiger partial charge >= 0.3 is 5.97 Å². The van der Waals surface area contributed by atoms with Gasteiger partial charge in [-0.2, -0.15) is 0 Å². The maximum absolute atomic E-state index is 11.3. The van der Waals surface area contributed by atoms with Crippen LogP contribution in [-0.2, 0) is 9.53 Å². The van der Waals surface area contributed by atoms with Crippen molar-refractivity contribution < 1.29 is 19.7 Å². The molecule has 0 aromatic heterocycles. The summed E-state index contributed by atoms with van der Waals surface area (Å²) in [4.78, 5) is 11.3. The van der Waals surface area contributed by atoms with Gasteiger partial charge in [0, 0.05) is 5.92 Å². The molecule has 1 saturated heterocycles. The predicted octanol–water partition coefficient (Wildman–Crippen LogP) is 0.709. The Morgan fingerprint density at radius 2 is 2.27 bits per heavy atom. The largest absolute Gasteiger partial charge is 0.465 e. The fraction of sp³-hybridized carbons (Fsp3) is 0.909. The summed E-state index contributed by atoms with van der Waals surface area (Å²) >= 11 is 0. The van der Waals surface area contributed by atoms with Crippen LogP contribution >= 0.6 is 0 Å². The molecule has 0 aromatic rings. The molecule has 4 nitrogen and oxygen atoms in total. The zero-order valence-electron chi connectivity index (χ0n) is 9.19. The van der Waals surface area contributed by atoms with Crippen molar-refractivity contribution in [3.8, 4) is 0 Å². The molecule has 15 heavy (non-hydrogen) atoms. The predicted molar refractivity (Wildman–Crippen MR) is 55.2 cm³/mol. The number of hydrogen-bond acceptors (Lipinski definition) is 4. The van der Waals surface area contributed by atoms with Gasteiger partial charge in [-0.15, -0.1) is 0 Å². The van der Waals surface area contributed by atoms with Crippen molar-refractivity contribution in [1.29, 1.82) is 0 Å². The molecule has 4 heteroatoms. The zero-order chi connectivity index (χ0) is 11.3. The number of carbonyl (C=O) groups excluding carboxylic acids is 1. The molecule has 0 spiro atoms. The van der Waals surface area contributed by atoms with E-state index in [0.717, 1.165) is 19.3 Å². The van der Waals surface area contributed by atoms with Gasteiger partial charge in [-0.25, -0.2) is 0 Å². The van der Waals surface area contributed by atoms with E-state index in [4.69, 9.17) is 9.84 Å². The molecule has 0 bridgehead atoms. The van der Waals surface area contributed by atoms with Crippen LogP contribution in [-0.4, -0.2) is 35.5 Å². The van der Waals surface area contributed by atoms with Crippen molar-refractivity contribution in [2.45, 2.75) is 38.7 Å². The molecule has 0 aliphatic carbocycles. The maximum Gasteiger partial charge on any atom is 0.312 e. The van der Waals surface area contributed by atoms with Gasteiger partial charge in [-0.1, -0.05) is 26.2 Å². The highest BCUT2D eigenvalue weighted by Crippen LogP contribution is 2.27. The number of aliphatic hydroxyl groups excluding tert-OH is 2. The SMILES string of the molecule is CCCCC[C@H](O)[C@H]1C(=O)OC[C@@H]1CO. The Hall–Kier alpha value is -0.610. The molecular formula is C11H20O4. The van der Waals surface area contributed by atoms with Crippen molar-refractivity contribution >= 4 is 5.97 Å². The van der Waals surface area contributed by atoms with Crippen LogP contribution < -0.4 is 0 Å². The Balaban J connectivity index is 2.41. The Bertz CT molecular complexity index is 205. The van der Waals surface area contributed by atoms with Crippen LogP contribution in [0.25, 0.3) is 0 Å². The second-order valence-electron chi connectivity index (χ2n) is 4.16. The Labute approximate surface area is 90.2 Å². The molecular weight excluding hydrogens is 196 g/mol. The van der Waals surface area contributed by atoms with Crippen molar-refractivity contribution in [2.24, 2.45) is 11.8 Å². The monoisotopic (exact) mass is 216 g/mol. The highest BCUT2D eigenvalue weighted by molar-refractivity contribution is 5.75. The molecule has 0 unspecified atom stereocenters. The molecule has 2 N–H and O–H groups in total. The first-order valence-corrected chi connectivity index (χ1v) is 5.66. The normalized spacial score (nSPS) is 27.8. The van der Waals surface area contributed by atoms with Crippen molar-refractivity contribution in [2.75, 3.05) is 13.2 Å². The van der Waals surface area contributed by atoms with Gasteiger partial charge in [0.1, 0.15) is 0 Å². The van der Waals surface area contributed by atoms with Crippen LogP contribution in [0.3, 0.4) is 0 Å². The van der Waals surface area contributed by atoms with Crippen LogP contribution in [0.5, 0.6) is 0 Å². The summed E-state index contributed by atoms with van der Waals surface area (Å²) in [6.45, 7) is 2.23. The molecule has 3 atom stereocenters. The highest BCUT2D eigenvalue weighted by atomic mass is 16.5.